The predicted octanol–water partition coefficient (Wildman–Crippen LogP) is 6.87. The van der Waals surface area contributed by atoms with Gasteiger partial charge in [-0.3, -0.25) is 0 Å². The minimum Gasteiger partial charge on any atom is -0.338 e. The number of nitrogens with zero attached hydrogens (tertiary/aromatic N) is 2. The molecule has 0 radical (unpaired) electrons. The first-order valence-corrected chi connectivity index (χ1v) is 10.6. The summed E-state index contributed by atoms with van der Waals surface area (Å²) in [6.07, 6.45) is 6.08. The molecule has 0 saturated heterocycles. The molecule has 4 aromatic rings. The van der Waals surface area contributed by atoms with E-state index in [0.717, 1.165) is 40.8 Å². The van der Waals surface area contributed by atoms with Gasteiger partial charge < -0.3 is 4.98 Å². The number of rotatable bonds is 3. The van der Waals surface area contributed by atoms with Crippen molar-refractivity contribution in [2.24, 2.45) is 0 Å². The van der Waals surface area contributed by atoms with Gasteiger partial charge in [-0.05, 0) is 66.6 Å². The van der Waals surface area contributed by atoms with E-state index >= 15 is 0 Å². The number of nitriles is 1. The summed E-state index contributed by atoms with van der Waals surface area (Å²) in [5, 5.41) is 9.19. The Hall–Kier alpha value is -3.64. The number of fused-ring (bicyclic) bond motifs is 1. The second kappa shape index (κ2) is 8.00. The van der Waals surface area contributed by atoms with Crippen LogP contribution in [0.15, 0.2) is 78.4 Å². The molecular formula is C27H23N3. The van der Waals surface area contributed by atoms with Crippen molar-refractivity contribution in [3.05, 3.63) is 95.3 Å². The quantitative estimate of drug-likeness (QED) is 0.416. The fourth-order valence-electron chi connectivity index (χ4n) is 4.41. The van der Waals surface area contributed by atoms with Crippen LogP contribution >= 0.6 is 0 Å². The van der Waals surface area contributed by atoms with E-state index in [-0.39, 0.29) is 0 Å². The number of hydrogen-bond acceptors (Lipinski definition) is 2. The Morgan fingerprint density at radius 3 is 2.40 bits per heavy atom. The van der Waals surface area contributed by atoms with Gasteiger partial charge in [0, 0.05) is 5.57 Å². The molecule has 3 heteroatoms. The number of nitrogens with one attached hydrogen (secondary N) is 1. The summed E-state index contributed by atoms with van der Waals surface area (Å²) >= 11 is 0. The number of aromatic nitrogens is 2. The van der Waals surface area contributed by atoms with Crippen molar-refractivity contribution in [1.29, 1.82) is 5.26 Å². The molecule has 3 nitrogen and oxygen atoms in total. The van der Waals surface area contributed by atoms with Gasteiger partial charge in [0.25, 0.3) is 0 Å². The molecule has 1 fully saturated rings. The molecular weight excluding hydrogens is 366 g/mol. The van der Waals surface area contributed by atoms with Gasteiger partial charge in [0.05, 0.1) is 22.7 Å². The number of benzene rings is 3. The highest BCUT2D eigenvalue weighted by atomic mass is 14.9. The van der Waals surface area contributed by atoms with Gasteiger partial charge in [0.15, 0.2) is 0 Å². The Morgan fingerprint density at radius 1 is 0.833 bits per heavy atom. The molecule has 1 saturated carbocycles. The highest BCUT2D eigenvalue weighted by molar-refractivity contribution is 5.85. The Balaban J connectivity index is 1.59. The topological polar surface area (TPSA) is 52.5 Å². The molecule has 0 amide bonds. The van der Waals surface area contributed by atoms with Crippen molar-refractivity contribution >= 4 is 16.6 Å². The summed E-state index contributed by atoms with van der Waals surface area (Å²) in [6.45, 7) is 0. The van der Waals surface area contributed by atoms with Gasteiger partial charge in [0.2, 0.25) is 0 Å². The lowest BCUT2D eigenvalue weighted by atomic mass is 9.87. The number of aromatic amines is 1. The summed E-state index contributed by atoms with van der Waals surface area (Å²) in [5.41, 5.74) is 8.90. The fourth-order valence-corrected chi connectivity index (χ4v) is 4.41. The average Bonchev–Trinajstić information content (AvgIpc) is 3.24. The first kappa shape index (κ1) is 18.4. The molecule has 30 heavy (non-hydrogen) atoms. The van der Waals surface area contributed by atoms with E-state index in [1.165, 1.54) is 36.0 Å². The van der Waals surface area contributed by atoms with E-state index in [0.29, 0.717) is 5.56 Å². The van der Waals surface area contributed by atoms with Gasteiger partial charge in [-0.25, -0.2) is 4.98 Å². The van der Waals surface area contributed by atoms with Crippen molar-refractivity contribution in [2.75, 3.05) is 0 Å². The molecule has 1 aromatic heterocycles. The first-order chi connectivity index (χ1) is 14.8. The smallest absolute Gasteiger partial charge is 0.139 e. The van der Waals surface area contributed by atoms with Crippen molar-refractivity contribution in [3.63, 3.8) is 0 Å². The molecule has 3 aromatic carbocycles. The summed E-state index contributed by atoms with van der Waals surface area (Å²) in [6, 6.07) is 26.9. The van der Waals surface area contributed by atoms with Crippen LogP contribution in [0, 0.1) is 11.3 Å². The van der Waals surface area contributed by atoms with E-state index in [9.17, 15) is 5.26 Å². The van der Waals surface area contributed by atoms with Gasteiger partial charge in [-0.2, -0.15) is 5.26 Å². The predicted molar refractivity (Wildman–Crippen MR) is 122 cm³/mol. The largest absolute Gasteiger partial charge is 0.338 e. The van der Waals surface area contributed by atoms with Gasteiger partial charge >= 0.3 is 0 Å². The Morgan fingerprint density at radius 2 is 1.63 bits per heavy atom. The number of allylic oxidation sites excluding steroid dienone is 1. The molecule has 146 valence electrons. The van der Waals surface area contributed by atoms with Crippen LogP contribution in [-0.4, -0.2) is 9.97 Å². The van der Waals surface area contributed by atoms with Crippen molar-refractivity contribution in [1.82, 2.24) is 9.97 Å². The van der Waals surface area contributed by atoms with Gasteiger partial charge in [0.1, 0.15) is 5.82 Å². The maximum absolute atomic E-state index is 9.19. The number of imidazole rings is 1. The van der Waals surface area contributed by atoms with Crippen LogP contribution in [0.1, 0.15) is 49.1 Å². The standard InChI is InChI=1S/C27H23N3/c28-18-19-7-6-10-23(17-19)20-13-15-22(16-14-20)26(21-8-2-1-3-9-21)27-29-24-11-4-5-12-25(24)30-27/h4-7,10-17H,1-3,8-9H2,(H,29,30). The molecule has 1 N–H and O–H groups in total. The molecule has 1 heterocycles. The van der Waals surface area contributed by atoms with Crippen LogP contribution < -0.4 is 0 Å². The molecule has 1 aliphatic carbocycles. The minimum absolute atomic E-state index is 0.684. The first-order valence-electron chi connectivity index (χ1n) is 10.6. The lowest BCUT2D eigenvalue weighted by Crippen LogP contribution is -2.01. The van der Waals surface area contributed by atoms with Gasteiger partial charge in [-0.15, -0.1) is 0 Å². The number of hydrogen-bond donors (Lipinski definition) is 1. The summed E-state index contributed by atoms with van der Waals surface area (Å²) < 4.78 is 0. The van der Waals surface area contributed by atoms with Crippen LogP contribution in [0.5, 0.6) is 0 Å². The molecule has 0 aliphatic heterocycles. The third kappa shape index (κ3) is 3.53. The van der Waals surface area contributed by atoms with Crippen LogP contribution in [0.2, 0.25) is 0 Å². The number of para-hydroxylation sites is 2. The van der Waals surface area contributed by atoms with Crippen LogP contribution in [0.4, 0.5) is 0 Å². The second-order valence-electron chi connectivity index (χ2n) is 7.91. The summed E-state index contributed by atoms with van der Waals surface area (Å²) in [4.78, 5) is 8.47. The van der Waals surface area contributed by atoms with Crippen LogP contribution in [-0.2, 0) is 0 Å². The zero-order valence-corrected chi connectivity index (χ0v) is 16.9. The zero-order valence-electron chi connectivity index (χ0n) is 16.9. The highest BCUT2D eigenvalue weighted by Crippen LogP contribution is 2.35. The lowest BCUT2D eigenvalue weighted by molar-refractivity contribution is 0.600. The van der Waals surface area contributed by atoms with E-state index in [2.05, 4.69) is 53.5 Å². The Bertz CT molecular complexity index is 1230. The maximum Gasteiger partial charge on any atom is 0.139 e. The average molecular weight is 390 g/mol. The van der Waals surface area contributed by atoms with Crippen molar-refractivity contribution in [2.45, 2.75) is 32.1 Å². The van der Waals surface area contributed by atoms with Crippen molar-refractivity contribution < 1.29 is 0 Å². The molecule has 5 rings (SSSR count). The fraction of sp³-hybridized carbons (Fsp3) is 0.185. The maximum atomic E-state index is 9.19. The summed E-state index contributed by atoms with van der Waals surface area (Å²) in [5.74, 6) is 0.965. The van der Waals surface area contributed by atoms with E-state index in [1.807, 2.05) is 30.3 Å². The zero-order chi connectivity index (χ0) is 20.3. The lowest BCUT2D eigenvalue weighted by Gasteiger charge is -2.19. The van der Waals surface area contributed by atoms with Gasteiger partial charge in [-0.1, -0.05) is 60.5 Å². The second-order valence-corrected chi connectivity index (χ2v) is 7.91. The highest BCUT2D eigenvalue weighted by Gasteiger charge is 2.18. The summed E-state index contributed by atoms with van der Waals surface area (Å²) in [7, 11) is 0. The van der Waals surface area contributed by atoms with E-state index < -0.39 is 0 Å². The molecule has 0 atom stereocenters. The molecule has 1 aliphatic rings. The number of H-pyrrole nitrogens is 1. The normalized spacial score (nSPS) is 13.9. The molecule has 0 unspecified atom stereocenters. The Labute approximate surface area is 176 Å². The third-order valence-corrected chi connectivity index (χ3v) is 5.94. The Kier molecular flexibility index (Phi) is 4.91. The SMILES string of the molecule is N#Cc1cccc(-c2ccc(C(=C3CCCCC3)c3nc4ccccc4[nH]3)cc2)c1. The van der Waals surface area contributed by atoms with E-state index in [4.69, 9.17) is 4.98 Å². The van der Waals surface area contributed by atoms with Crippen LogP contribution in [0.3, 0.4) is 0 Å². The monoisotopic (exact) mass is 389 g/mol. The third-order valence-electron chi connectivity index (χ3n) is 5.94. The molecule has 0 bridgehead atoms. The van der Waals surface area contributed by atoms with E-state index in [1.54, 1.807) is 0 Å². The van der Waals surface area contributed by atoms with Crippen LogP contribution in [0.25, 0.3) is 27.7 Å². The van der Waals surface area contributed by atoms with Crippen molar-refractivity contribution in [3.8, 4) is 17.2 Å². The minimum atomic E-state index is 0.684. The molecule has 0 spiro atoms.